The molecule has 0 spiro atoms. The molecule has 29 heavy (non-hydrogen) atoms. The van der Waals surface area contributed by atoms with Gasteiger partial charge in [0.15, 0.2) is 0 Å². The van der Waals surface area contributed by atoms with Crippen molar-refractivity contribution in [1.82, 2.24) is 20.3 Å². The Balaban J connectivity index is 1.62. The molecule has 1 aliphatic rings. The van der Waals surface area contributed by atoms with Gasteiger partial charge in [-0.3, -0.25) is 4.79 Å². The highest BCUT2D eigenvalue weighted by Gasteiger charge is 2.34. The fourth-order valence-corrected chi connectivity index (χ4v) is 3.56. The van der Waals surface area contributed by atoms with Crippen LogP contribution in [0.3, 0.4) is 0 Å². The largest absolute Gasteiger partial charge is 0.449 e. The number of halogens is 4. The number of anilines is 1. The molecule has 0 saturated carbocycles. The summed E-state index contributed by atoms with van der Waals surface area (Å²) in [5.41, 5.74) is 1.56. The van der Waals surface area contributed by atoms with Crippen LogP contribution < -0.4 is 10.6 Å². The van der Waals surface area contributed by atoms with Gasteiger partial charge in [-0.1, -0.05) is 17.7 Å². The van der Waals surface area contributed by atoms with E-state index in [1.165, 1.54) is 18.3 Å². The molecule has 10 heteroatoms. The predicted molar refractivity (Wildman–Crippen MR) is 104 cm³/mol. The maximum Gasteiger partial charge on any atom is 0.449 e. The van der Waals surface area contributed by atoms with E-state index in [-0.39, 0.29) is 22.9 Å². The first-order chi connectivity index (χ1) is 13.8. The van der Waals surface area contributed by atoms with Gasteiger partial charge in [0.1, 0.15) is 5.82 Å². The Labute approximate surface area is 168 Å². The highest BCUT2D eigenvalue weighted by atomic mass is 35.5. The van der Waals surface area contributed by atoms with E-state index in [2.05, 4.69) is 25.6 Å². The maximum atomic E-state index is 12.9. The van der Waals surface area contributed by atoms with E-state index in [9.17, 15) is 18.0 Å². The van der Waals surface area contributed by atoms with Crippen LogP contribution in [0.15, 0.2) is 30.5 Å². The number of alkyl halides is 3. The average Bonchev–Trinajstić information content (AvgIpc) is 3.14. The zero-order chi connectivity index (χ0) is 20.6. The lowest BCUT2D eigenvalue weighted by Crippen LogP contribution is -2.37. The Bertz CT molecular complexity index is 1060. The maximum absolute atomic E-state index is 12.9. The van der Waals surface area contributed by atoms with Gasteiger partial charge in [0.2, 0.25) is 11.7 Å². The van der Waals surface area contributed by atoms with Crippen LogP contribution >= 0.6 is 11.6 Å². The summed E-state index contributed by atoms with van der Waals surface area (Å²) in [7, 11) is 0. The second-order valence-corrected chi connectivity index (χ2v) is 7.30. The van der Waals surface area contributed by atoms with E-state index in [0.29, 0.717) is 28.5 Å². The highest BCUT2D eigenvalue weighted by Crippen LogP contribution is 2.33. The lowest BCUT2D eigenvalue weighted by molar-refractivity contribution is -0.144. The van der Waals surface area contributed by atoms with Crippen LogP contribution in [-0.4, -0.2) is 33.9 Å². The van der Waals surface area contributed by atoms with E-state index in [0.717, 1.165) is 19.4 Å². The van der Waals surface area contributed by atoms with Crippen molar-refractivity contribution in [3.63, 3.8) is 0 Å². The summed E-state index contributed by atoms with van der Waals surface area (Å²) >= 11 is 6.25. The van der Waals surface area contributed by atoms with Crippen LogP contribution in [-0.2, 0) is 11.0 Å². The van der Waals surface area contributed by atoms with Gasteiger partial charge in [0.05, 0.1) is 22.0 Å². The van der Waals surface area contributed by atoms with E-state index < -0.39 is 12.0 Å². The van der Waals surface area contributed by atoms with Gasteiger partial charge in [0, 0.05) is 18.3 Å². The number of imidazole rings is 1. The fraction of sp³-hybridized carbons (Fsp3) is 0.316. The third kappa shape index (κ3) is 4.20. The second kappa shape index (κ2) is 7.64. The van der Waals surface area contributed by atoms with Crippen molar-refractivity contribution in [2.24, 2.45) is 5.92 Å². The number of carbonyl (C=O) groups is 1. The van der Waals surface area contributed by atoms with E-state index in [4.69, 9.17) is 11.6 Å². The molecule has 1 aliphatic heterocycles. The fourth-order valence-electron chi connectivity index (χ4n) is 3.34. The lowest BCUT2D eigenvalue weighted by Gasteiger charge is -2.21. The first kappa shape index (κ1) is 19.7. The summed E-state index contributed by atoms with van der Waals surface area (Å²) < 4.78 is 38.6. The van der Waals surface area contributed by atoms with E-state index >= 15 is 0 Å². The first-order valence-electron chi connectivity index (χ1n) is 9.06. The Hall–Kier alpha value is -2.65. The van der Waals surface area contributed by atoms with Crippen molar-refractivity contribution in [3.05, 3.63) is 41.3 Å². The lowest BCUT2D eigenvalue weighted by atomic mass is 9.99. The number of nitrogens with zero attached hydrogens (tertiary/aromatic N) is 2. The molecule has 0 aliphatic carbocycles. The molecule has 2 aromatic heterocycles. The van der Waals surface area contributed by atoms with Crippen molar-refractivity contribution in [1.29, 1.82) is 0 Å². The molecular formula is C19H17ClF3N5O. The number of fused-ring (bicyclic) bond motifs is 1. The van der Waals surface area contributed by atoms with Crippen LogP contribution in [0.4, 0.5) is 19.0 Å². The monoisotopic (exact) mass is 423 g/mol. The molecule has 1 fully saturated rings. The summed E-state index contributed by atoms with van der Waals surface area (Å²) in [6, 6.07) is 6.26. The minimum Gasteiger partial charge on any atom is -0.334 e. The number of amides is 1. The molecule has 3 aromatic rings. The highest BCUT2D eigenvalue weighted by molar-refractivity contribution is 6.33. The summed E-state index contributed by atoms with van der Waals surface area (Å²) in [6.45, 7) is 1.52. The molecule has 1 atom stereocenters. The number of carbonyl (C=O) groups excluding carboxylic acids is 1. The van der Waals surface area contributed by atoms with Gasteiger partial charge in [0.25, 0.3) is 0 Å². The quantitative estimate of drug-likeness (QED) is 0.588. The molecule has 1 aromatic carbocycles. The number of piperidine rings is 1. The number of hydrogen-bond donors (Lipinski definition) is 3. The first-order valence-corrected chi connectivity index (χ1v) is 9.43. The van der Waals surface area contributed by atoms with Crippen molar-refractivity contribution < 1.29 is 18.0 Å². The zero-order valence-corrected chi connectivity index (χ0v) is 15.9. The van der Waals surface area contributed by atoms with Crippen LogP contribution in [0.5, 0.6) is 0 Å². The number of aromatic amines is 1. The topological polar surface area (TPSA) is 82.7 Å². The van der Waals surface area contributed by atoms with E-state index in [1.807, 2.05) is 0 Å². The number of benzene rings is 1. The van der Waals surface area contributed by atoms with Crippen molar-refractivity contribution >= 4 is 34.4 Å². The normalized spacial score (nSPS) is 17.4. The molecule has 4 rings (SSSR count). The van der Waals surface area contributed by atoms with Crippen LogP contribution in [0.2, 0.25) is 5.02 Å². The molecular weight excluding hydrogens is 407 g/mol. The molecule has 152 valence electrons. The standard InChI is InChI=1S/C19H17ClF3N5O/c20-13-9-25-16(28-17(29)11-2-1-5-24-8-11)7-12(13)10-3-4-14-15(6-10)27-18(26-14)19(21,22)23/h3-4,6-7,9,11,24H,1-2,5,8H2,(H,26,27)(H,25,28,29). The molecule has 0 radical (unpaired) electrons. The molecule has 6 nitrogen and oxygen atoms in total. The Morgan fingerprint density at radius 2 is 2.10 bits per heavy atom. The minimum absolute atomic E-state index is 0.128. The van der Waals surface area contributed by atoms with Gasteiger partial charge in [-0.2, -0.15) is 13.2 Å². The van der Waals surface area contributed by atoms with Gasteiger partial charge in [-0.05, 0) is 43.1 Å². The van der Waals surface area contributed by atoms with Gasteiger partial charge in [-0.25, -0.2) is 9.97 Å². The molecule has 3 N–H and O–H groups in total. The van der Waals surface area contributed by atoms with Crippen LogP contribution in [0.1, 0.15) is 18.7 Å². The number of pyridine rings is 1. The molecule has 1 saturated heterocycles. The number of H-pyrrole nitrogens is 1. The number of aromatic nitrogens is 3. The number of hydrogen-bond acceptors (Lipinski definition) is 4. The third-order valence-electron chi connectivity index (χ3n) is 4.84. The van der Waals surface area contributed by atoms with Gasteiger partial charge >= 0.3 is 6.18 Å². The minimum atomic E-state index is -4.56. The Morgan fingerprint density at radius 1 is 1.28 bits per heavy atom. The summed E-state index contributed by atoms with van der Waals surface area (Å²) in [4.78, 5) is 22.4. The van der Waals surface area contributed by atoms with E-state index in [1.54, 1.807) is 12.1 Å². The predicted octanol–water partition coefficient (Wildman–Crippen LogP) is 4.24. The van der Waals surface area contributed by atoms with Crippen LogP contribution in [0, 0.1) is 5.92 Å². The van der Waals surface area contributed by atoms with Crippen molar-refractivity contribution in [2.45, 2.75) is 19.0 Å². The number of rotatable bonds is 3. The van der Waals surface area contributed by atoms with Crippen molar-refractivity contribution in [2.75, 3.05) is 18.4 Å². The van der Waals surface area contributed by atoms with Crippen molar-refractivity contribution in [3.8, 4) is 11.1 Å². The summed E-state index contributed by atoms with van der Waals surface area (Å²) in [6.07, 6.45) is -1.42. The molecule has 1 unspecified atom stereocenters. The zero-order valence-electron chi connectivity index (χ0n) is 15.1. The smallest absolute Gasteiger partial charge is 0.334 e. The molecule has 1 amide bonds. The SMILES string of the molecule is O=C(Nc1cc(-c2ccc3nc(C(F)(F)F)[nH]c3c2)c(Cl)cn1)C1CCCNC1. The second-order valence-electron chi connectivity index (χ2n) is 6.90. The van der Waals surface area contributed by atoms with Crippen LogP contribution in [0.25, 0.3) is 22.2 Å². The van der Waals surface area contributed by atoms with Gasteiger partial charge < -0.3 is 15.6 Å². The summed E-state index contributed by atoms with van der Waals surface area (Å²) in [5, 5.41) is 6.30. The summed E-state index contributed by atoms with van der Waals surface area (Å²) in [5.74, 6) is -0.983. The Morgan fingerprint density at radius 3 is 2.83 bits per heavy atom. The Kier molecular flexibility index (Phi) is 5.18. The average molecular weight is 424 g/mol. The number of nitrogens with one attached hydrogen (secondary N) is 3. The molecule has 0 bridgehead atoms. The van der Waals surface area contributed by atoms with Gasteiger partial charge in [-0.15, -0.1) is 0 Å². The third-order valence-corrected chi connectivity index (χ3v) is 5.14. The molecule has 3 heterocycles.